The Morgan fingerprint density at radius 1 is 1.26 bits per heavy atom. The van der Waals surface area contributed by atoms with E-state index in [4.69, 9.17) is 0 Å². The summed E-state index contributed by atoms with van der Waals surface area (Å²) in [5, 5.41) is 13.9. The lowest BCUT2D eigenvalue weighted by molar-refractivity contribution is -0.385. The molecule has 2 heterocycles. The Morgan fingerprint density at radius 2 is 1.95 bits per heavy atom. The highest BCUT2D eigenvalue weighted by atomic mass is 16.6. The predicted octanol–water partition coefficient (Wildman–Crippen LogP) is 2.87. The number of pyridine rings is 2. The van der Waals surface area contributed by atoms with Crippen LogP contribution < -0.4 is 5.32 Å². The molecule has 2 aromatic heterocycles. The van der Waals surface area contributed by atoms with Crippen molar-refractivity contribution in [2.45, 2.75) is 19.9 Å². The van der Waals surface area contributed by atoms with E-state index in [9.17, 15) is 10.1 Å². The summed E-state index contributed by atoms with van der Waals surface area (Å²) in [4.78, 5) is 18.4. The molecule has 0 saturated carbocycles. The highest BCUT2D eigenvalue weighted by Gasteiger charge is 2.13. The van der Waals surface area contributed by atoms with Gasteiger partial charge in [-0.3, -0.25) is 15.1 Å². The first kappa shape index (κ1) is 12.9. The second-order valence-corrected chi connectivity index (χ2v) is 4.20. The number of hydrogen-bond acceptors (Lipinski definition) is 5. The van der Waals surface area contributed by atoms with Crippen molar-refractivity contribution in [3.05, 3.63) is 58.0 Å². The van der Waals surface area contributed by atoms with Gasteiger partial charge in [0.2, 0.25) is 0 Å². The minimum atomic E-state index is -0.432. The smallest absolute Gasteiger partial charge is 0.290 e. The van der Waals surface area contributed by atoms with Gasteiger partial charge in [-0.05, 0) is 37.6 Å². The molecule has 0 spiro atoms. The fourth-order valence-corrected chi connectivity index (χ4v) is 1.78. The lowest BCUT2D eigenvalue weighted by atomic mass is 10.1. The van der Waals surface area contributed by atoms with E-state index >= 15 is 0 Å². The second kappa shape index (κ2) is 5.43. The molecule has 1 atom stereocenters. The van der Waals surface area contributed by atoms with Crippen LogP contribution in [0.2, 0.25) is 0 Å². The Bertz CT molecular complexity index is 586. The maximum atomic E-state index is 10.7. The molecule has 0 aromatic carbocycles. The predicted molar refractivity (Wildman–Crippen MR) is 71.9 cm³/mol. The van der Waals surface area contributed by atoms with Gasteiger partial charge in [-0.25, -0.2) is 4.98 Å². The fraction of sp³-hybridized carbons (Fsp3) is 0.231. The van der Waals surface area contributed by atoms with Gasteiger partial charge in [0.1, 0.15) is 11.5 Å². The van der Waals surface area contributed by atoms with Crippen LogP contribution in [0.4, 0.5) is 11.5 Å². The first-order chi connectivity index (χ1) is 9.08. The van der Waals surface area contributed by atoms with Gasteiger partial charge in [0.25, 0.3) is 5.69 Å². The molecule has 0 aliphatic rings. The summed E-state index contributed by atoms with van der Waals surface area (Å²) in [5.74, 6) is 0.618. The molecule has 0 radical (unpaired) electrons. The Kier molecular flexibility index (Phi) is 3.70. The summed E-state index contributed by atoms with van der Waals surface area (Å²) in [6.45, 7) is 3.62. The van der Waals surface area contributed by atoms with Crippen molar-refractivity contribution < 1.29 is 4.92 Å². The van der Waals surface area contributed by atoms with Crippen molar-refractivity contribution in [1.82, 2.24) is 9.97 Å². The molecule has 6 nitrogen and oxygen atoms in total. The summed E-state index contributed by atoms with van der Waals surface area (Å²) in [6, 6.07) is 6.95. The average molecular weight is 258 g/mol. The molecule has 2 aromatic rings. The van der Waals surface area contributed by atoms with Crippen LogP contribution in [0.1, 0.15) is 24.2 Å². The molecule has 2 rings (SSSR count). The zero-order valence-corrected chi connectivity index (χ0v) is 10.7. The quantitative estimate of drug-likeness (QED) is 0.673. The Hall–Kier alpha value is -2.50. The molecule has 1 N–H and O–H groups in total. The number of rotatable bonds is 4. The molecule has 0 bridgehead atoms. The van der Waals surface area contributed by atoms with Crippen molar-refractivity contribution in [2.75, 3.05) is 5.32 Å². The zero-order chi connectivity index (χ0) is 13.8. The van der Waals surface area contributed by atoms with Crippen LogP contribution in [0.25, 0.3) is 0 Å². The van der Waals surface area contributed by atoms with E-state index in [1.54, 1.807) is 25.4 Å². The molecule has 0 amide bonds. The van der Waals surface area contributed by atoms with Gasteiger partial charge < -0.3 is 5.32 Å². The van der Waals surface area contributed by atoms with E-state index in [1.807, 2.05) is 19.1 Å². The zero-order valence-electron chi connectivity index (χ0n) is 10.7. The third-order valence-corrected chi connectivity index (χ3v) is 2.83. The second-order valence-electron chi connectivity index (χ2n) is 4.20. The van der Waals surface area contributed by atoms with Crippen molar-refractivity contribution in [3.63, 3.8) is 0 Å². The average Bonchev–Trinajstić information content (AvgIpc) is 2.39. The van der Waals surface area contributed by atoms with Gasteiger partial charge in [-0.2, -0.15) is 0 Å². The molecule has 0 saturated heterocycles. The number of nitro groups is 1. The van der Waals surface area contributed by atoms with Gasteiger partial charge in [0.15, 0.2) is 0 Å². The van der Waals surface area contributed by atoms with Crippen LogP contribution in [-0.2, 0) is 0 Å². The molecule has 98 valence electrons. The van der Waals surface area contributed by atoms with Crippen LogP contribution in [-0.4, -0.2) is 14.9 Å². The van der Waals surface area contributed by atoms with E-state index in [0.717, 1.165) is 5.56 Å². The van der Waals surface area contributed by atoms with Crippen molar-refractivity contribution >= 4 is 11.5 Å². The number of nitrogens with zero attached hydrogens (tertiary/aromatic N) is 3. The number of aromatic nitrogens is 2. The standard InChI is InChI=1S/C13H14N4O2/c1-9(11-5-7-14-8-6-11)15-13-4-3-12(17(18)19)10(2)16-13/h3-9H,1-2H3,(H,15,16). The van der Waals surface area contributed by atoms with Gasteiger partial charge in [-0.1, -0.05) is 0 Å². The number of nitrogens with one attached hydrogen (secondary N) is 1. The van der Waals surface area contributed by atoms with Gasteiger partial charge in [0.05, 0.1) is 11.0 Å². The fourth-order valence-electron chi connectivity index (χ4n) is 1.78. The van der Waals surface area contributed by atoms with E-state index in [0.29, 0.717) is 11.5 Å². The third-order valence-electron chi connectivity index (χ3n) is 2.83. The van der Waals surface area contributed by atoms with Crippen LogP contribution in [0.15, 0.2) is 36.7 Å². The highest BCUT2D eigenvalue weighted by Crippen LogP contribution is 2.21. The first-order valence-corrected chi connectivity index (χ1v) is 5.86. The largest absolute Gasteiger partial charge is 0.364 e. The van der Waals surface area contributed by atoms with Gasteiger partial charge in [-0.15, -0.1) is 0 Å². The number of anilines is 1. The lowest BCUT2D eigenvalue weighted by Crippen LogP contribution is -2.08. The molecule has 0 aliphatic heterocycles. The van der Waals surface area contributed by atoms with E-state index < -0.39 is 4.92 Å². The van der Waals surface area contributed by atoms with Crippen molar-refractivity contribution in [2.24, 2.45) is 0 Å². The van der Waals surface area contributed by atoms with Crippen LogP contribution in [0.5, 0.6) is 0 Å². The number of hydrogen-bond donors (Lipinski definition) is 1. The summed E-state index contributed by atoms with van der Waals surface area (Å²) < 4.78 is 0. The maximum absolute atomic E-state index is 10.7. The number of aryl methyl sites for hydroxylation is 1. The topological polar surface area (TPSA) is 81.0 Å². The van der Waals surface area contributed by atoms with E-state index in [1.165, 1.54) is 6.07 Å². The Morgan fingerprint density at radius 3 is 2.53 bits per heavy atom. The lowest BCUT2D eigenvalue weighted by Gasteiger charge is -2.14. The highest BCUT2D eigenvalue weighted by molar-refractivity contribution is 5.46. The van der Waals surface area contributed by atoms with Crippen molar-refractivity contribution in [1.29, 1.82) is 0 Å². The summed E-state index contributed by atoms with van der Waals surface area (Å²) in [7, 11) is 0. The van der Waals surface area contributed by atoms with Gasteiger partial charge >= 0.3 is 0 Å². The third kappa shape index (κ3) is 3.04. The van der Waals surface area contributed by atoms with Crippen molar-refractivity contribution in [3.8, 4) is 0 Å². The molecule has 0 aliphatic carbocycles. The molecular formula is C13H14N4O2. The van der Waals surface area contributed by atoms with E-state index in [2.05, 4.69) is 15.3 Å². The van der Waals surface area contributed by atoms with E-state index in [-0.39, 0.29) is 11.7 Å². The van der Waals surface area contributed by atoms with Gasteiger partial charge in [0, 0.05) is 18.5 Å². The minimum absolute atomic E-state index is 0.0297. The van der Waals surface area contributed by atoms with Crippen LogP contribution >= 0.6 is 0 Å². The molecule has 0 fully saturated rings. The minimum Gasteiger partial charge on any atom is -0.364 e. The van der Waals surface area contributed by atoms with Crippen LogP contribution in [0, 0.1) is 17.0 Å². The first-order valence-electron chi connectivity index (χ1n) is 5.86. The molecule has 19 heavy (non-hydrogen) atoms. The molecular weight excluding hydrogens is 244 g/mol. The Balaban J connectivity index is 2.16. The summed E-state index contributed by atoms with van der Waals surface area (Å²) in [6.07, 6.45) is 3.45. The summed E-state index contributed by atoms with van der Waals surface area (Å²) in [5.41, 5.74) is 1.51. The monoisotopic (exact) mass is 258 g/mol. The maximum Gasteiger partial charge on any atom is 0.290 e. The molecule has 6 heteroatoms. The summed E-state index contributed by atoms with van der Waals surface area (Å²) >= 11 is 0. The Labute approximate surface area is 110 Å². The van der Waals surface area contributed by atoms with Crippen LogP contribution in [0.3, 0.4) is 0 Å². The normalized spacial score (nSPS) is 11.9. The molecule has 1 unspecified atom stereocenters. The SMILES string of the molecule is Cc1nc(NC(C)c2ccncc2)ccc1[N+](=O)[O-].